The lowest BCUT2D eigenvalue weighted by molar-refractivity contribution is -0.130. The molecule has 1 heterocycles. The normalized spacial score (nSPS) is 16.8. The molecule has 9 heteroatoms. The summed E-state index contributed by atoms with van der Waals surface area (Å²) in [4.78, 5) is 12.1. The molecule has 0 aliphatic carbocycles. The fourth-order valence-corrected chi connectivity index (χ4v) is 3.99. The van der Waals surface area contributed by atoms with Crippen molar-refractivity contribution in [1.82, 2.24) is 5.01 Å². The molecule has 0 bridgehead atoms. The number of hydrogen-bond donors (Lipinski definition) is 1. The van der Waals surface area contributed by atoms with E-state index in [0.29, 0.717) is 28.9 Å². The summed E-state index contributed by atoms with van der Waals surface area (Å²) in [6.45, 7) is 2.92. The number of anilines is 1. The zero-order chi connectivity index (χ0) is 20.5. The third kappa shape index (κ3) is 4.18. The monoisotopic (exact) mass is 423 g/mol. The Kier molecular flexibility index (Phi) is 5.71. The van der Waals surface area contributed by atoms with E-state index in [1.165, 1.54) is 30.1 Å². The van der Waals surface area contributed by atoms with Crippen molar-refractivity contribution >= 4 is 38.9 Å². The van der Waals surface area contributed by atoms with Crippen molar-refractivity contribution in [2.45, 2.75) is 26.3 Å². The van der Waals surface area contributed by atoms with Crippen LogP contribution in [0.15, 0.2) is 47.6 Å². The molecule has 0 radical (unpaired) electrons. The van der Waals surface area contributed by atoms with Crippen LogP contribution in [0.25, 0.3) is 0 Å². The number of benzene rings is 2. The van der Waals surface area contributed by atoms with Gasteiger partial charge < -0.3 is 0 Å². The van der Waals surface area contributed by atoms with Gasteiger partial charge in [-0.05, 0) is 30.7 Å². The van der Waals surface area contributed by atoms with Crippen LogP contribution >= 0.6 is 11.6 Å². The highest BCUT2D eigenvalue weighted by atomic mass is 35.5. The first kappa shape index (κ1) is 20.3. The van der Waals surface area contributed by atoms with Crippen molar-refractivity contribution < 1.29 is 17.6 Å². The Hall–Kier alpha value is -2.45. The Bertz CT molecular complexity index is 1060. The smallest absolute Gasteiger partial charge is 0.240 e. The van der Waals surface area contributed by atoms with E-state index in [9.17, 15) is 17.6 Å². The Labute approximate surface area is 168 Å². The van der Waals surface area contributed by atoms with E-state index in [1.807, 2.05) is 0 Å². The molecule has 28 heavy (non-hydrogen) atoms. The van der Waals surface area contributed by atoms with Crippen LogP contribution < -0.4 is 4.72 Å². The van der Waals surface area contributed by atoms with Gasteiger partial charge in [0.25, 0.3) is 0 Å². The summed E-state index contributed by atoms with van der Waals surface area (Å²) < 4.78 is 40.0. The van der Waals surface area contributed by atoms with Crippen molar-refractivity contribution in [2.24, 2.45) is 5.10 Å². The molecular weight excluding hydrogens is 405 g/mol. The first-order valence-corrected chi connectivity index (χ1v) is 10.7. The van der Waals surface area contributed by atoms with Gasteiger partial charge in [-0.25, -0.2) is 17.8 Å². The number of carbonyl (C=O) groups excluding carboxylic acids is 1. The van der Waals surface area contributed by atoms with E-state index in [0.717, 1.165) is 0 Å². The fraction of sp³-hybridized carbons (Fsp3) is 0.263. The molecule has 148 valence electrons. The molecule has 1 aliphatic heterocycles. The van der Waals surface area contributed by atoms with Gasteiger partial charge in [-0.3, -0.25) is 9.52 Å². The number of nitrogens with one attached hydrogen (secondary N) is 1. The Morgan fingerprint density at radius 3 is 2.68 bits per heavy atom. The topological polar surface area (TPSA) is 78.8 Å². The van der Waals surface area contributed by atoms with Crippen molar-refractivity contribution in [3.63, 3.8) is 0 Å². The maximum absolute atomic E-state index is 13.4. The molecule has 2 aromatic rings. The second kappa shape index (κ2) is 7.89. The Morgan fingerprint density at radius 2 is 2.04 bits per heavy atom. The molecule has 1 atom stereocenters. The summed E-state index contributed by atoms with van der Waals surface area (Å²) in [5.74, 6) is -0.838. The lowest BCUT2D eigenvalue weighted by atomic mass is 9.97. The number of nitrogens with zero attached hydrogens (tertiary/aromatic N) is 2. The van der Waals surface area contributed by atoms with Gasteiger partial charge in [-0.1, -0.05) is 35.9 Å². The Balaban J connectivity index is 2.01. The van der Waals surface area contributed by atoms with Crippen LogP contribution in [0.4, 0.5) is 10.1 Å². The maximum atomic E-state index is 13.4. The van der Waals surface area contributed by atoms with Crippen LogP contribution in [0.5, 0.6) is 0 Å². The van der Waals surface area contributed by atoms with Gasteiger partial charge in [-0.15, -0.1) is 0 Å². The number of carbonyl (C=O) groups is 1. The number of hydrazone groups is 1. The van der Waals surface area contributed by atoms with E-state index < -0.39 is 21.9 Å². The number of rotatable bonds is 5. The number of hydrogen-bond acceptors (Lipinski definition) is 4. The third-order valence-electron chi connectivity index (χ3n) is 4.44. The van der Waals surface area contributed by atoms with E-state index in [1.54, 1.807) is 31.2 Å². The van der Waals surface area contributed by atoms with Gasteiger partial charge >= 0.3 is 0 Å². The number of para-hydroxylation sites is 1. The van der Waals surface area contributed by atoms with Crippen molar-refractivity contribution in [3.05, 3.63) is 64.4 Å². The molecular formula is C19H19ClFN3O3S. The van der Waals surface area contributed by atoms with Crippen LogP contribution in [-0.4, -0.2) is 30.8 Å². The molecule has 0 saturated heterocycles. The second-order valence-corrected chi connectivity index (χ2v) is 8.77. The minimum atomic E-state index is -3.48. The van der Waals surface area contributed by atoms with Crippen LogP contribution in [0.1, 0.15) is 37.4 Å². The molecule has 0 aromatic heterocycles. The zero-order valence-corrected chi connectivity index (χ0v) is 16.9. The van der Waals surface area contributed by atoms with Crippen LogP contribution in [0, 0.1) is 5.82 Å². The predicted molar refractivity (Wildman–Crippen MR) is 107 cm³/mol. The third-order valence-corrected chi connectivity index (χ3v) is 6.06. The van der Waals surface area contributed by atoms with Crippen molar-refractivity contribution in [2.75, 3.05) is 10.5 Å². The minimum absolute atomic E-state index is 0.0683. The number of sulfonamides is 1. The van der Waals surface area contributed by atoms with Crippen LogP contribution in [-0.2, 0) is 14.8 Å². The van der Waals surface area contributed by atoms with Gasteiger partial charge in [0.1, 0.15) is 5.82 Å². The summed E-state index contributed by atoms with van der Waals surface area (Å²) in [6.07, 6.45) is 0.315. The van der Waals surface area contributed by atoms with Crippen molar-refractivity contribution in [1.29, 1.82) is 0 Å². The molecule has 1 amide bonds. The van der Waals surface area contributed by atoms with Gasteiger partial charge in [-0.2, -0.15) is 5.10 Å². The minimum Gasteiger partial charge on any atom is -0.283 e. The number of halogens is 2. The summed E-state index contributed by atoms with van der Waals surface area (Å²) in [7, 11) is -3.48. The zero-order valence-electron chi connectivity index (χ0n) is 15.3. The lowest BCUT2D eigenvalue weighted by Gasteiger charge is -2.21. The first-order chi connectivity index (χ1) is 13.2. The lowest BCUT2D eigenvalue weighted by Crippen LogP contribution is -2.24. The van der Waals surface area contributed by atoms with Crippen molar-refractivity contribution in [3.8, 4) is 0 Å². The van der Waals surface area contributed by atoms with Gasteiger partial charge in [0.15, 0.2) is 0 Å². The highest BCUT2D eigenvalue weighted by Crippen LogP contribution is 2.37. The average molecular weight is 424 g/mol. The molecule has 0 spiro atoms. The summed E-state index contributed by atoms with van der Waals surface area (Å²) in [5, 5.41) is 5.90. The number of amides is 1. The maximum Gasteiger partial charge on any atom is 0.240 e. The molecule has 0 saturated carbocycles. The summed E-state index contributed by atoms with van der Waals surface area (Å²) in [5.41, 5.74) is 2.07. The molecule has 2 aromatic carbocycles. The highest BCUT2D eigenvalue weighted by Gasteiger charge is 2.33. The van der Waals surface area contributed by atoms with E-state index in [-0.39, 0.29) is 16.7 Å². The fourth-order valence-electron chi connectivity index (χ4n) is 3.04. The second-order valence-electron chi connectivity index (χ2n) is 6.35. The molecule has 0 fully saturated rings. The predicted octanol–water partition coefficient (Wildman–Crippen LogP) is 3.94. The quantitative estimate of drug-likeness (QED) is 0.791. The molecule has 1 N–H and O–H groups in total. The molecule has 3 rings (SSSR count). The molecule has 6 nitrogen and oxygen atoms in total. The van der Waals surface area contributed by atoms with E-state index in [2.05, 4.69) is 9.82 Å². The molecule has 0 unspecified atom stereocenters. The standard InChI is InChI=1S/C19H19ClFN3O3S/c1-3-28(26,27)23-17-7-5-4-6-15(17)18-11-19(24(22-18)12(2)25)14-9-8-13(21)10-16(14)20/h4-10,19,23H,3,11H2,1-2H3/t19-/m1/s1. The highest BCUT2D eigenvalue weighted by molar-refractivity contribution is 7.92. The van der Waals surface area contributed by atoms with Gasteiger partial charge in [0, 0.05) is 23.9 Å². The van der Waals surface area contributed by atoms with E-state index >= 15 is 0 Å². The van der Waals surface area contributed by atoms with Gasteiger partial charge in [0.2, 0.25) is 15.9 Å². The molecule has 1 aliphatic rings. The largest absolute Gasteiger partial charge is 0.283 e. The van der Waals surface area contributed by atoms with Crippen LogP contribution in [0.2, 0.25) is 5.02 Å². The average Bonchev–Trinajstić information content (AvgIpc) is 3.07. The Morgan fingerprint density at radius 1 is 1.32 bits per heavy atom. The van der Waals surface area contributed by atoms with Gasteiger partial charge in [0.05, 0.1) is 23.2 Å². The summed E-state index contributed by atoms with van der Waals surface area (Å²) >= 11 is 6.19. The SMILES string of the molecule is CCS(=O)(=O)Nc1ccccc1C1=NN(C(C)=O)[C@@H](c2ccc(F)cc2Cl)C1. The van der Waals surface area contributed by atoms with Crippen LogP contribution in [0.3, 0.4) is 0 Å². The summed E-state index contributed by atoms with van der Waals surface area (Å²) in [6, 6.07) is 10.3. The van der Waals surface area contributed by atoms with E-state index in [4.69, 9.17) is 11.6 Å². The first-order valence-electron chi connectivity index (χ1n) is 8.64.